The molecule has 1 N–H and O–H groups in total. The molecular formula is C11H15BrN4. The highest BCUT2D eigenvalue weighted by Crippen LogP contribution is 2.22. The van der Waals surface area contributed by atoms with Gasteiger partial charge in [-0.1, -0.05) is 0 Å². The van der Waals surface area contributed by atoms with Gasteiger partial charge in [0.05, 0.1) is 4.47 Å². The van der Waals surface area contributed by atoms with Gasteiger partial charge in [-0.15, -0.1) is 0 Å². The normalized spacial score (nSPS) is 29.2. The maximum absolute atomic E-state index is 4.37. The van der Waals surface area contributed by atoms with Gasteiger partial charge in [-0.25, -0.2) is 9.97 Å². The zero-order valence-corrected chi connectivity index (χ0v) is 10.7. The van der Waals surface area contributed by atoms with E-state index in [4.69, 9.17) is 0 Å². The summed E-state index contributed by atoms with van der Waals surface area (Å²) in [5.74, 6) is 0.859. The molecule has 2 aliphatic heterocycles. The van der Waals surface area contributed by atoms with Crippen molar-refractivity contribution in [2.45, 2.75) is 31.3 Å². The average molecular weight is 283 g/mol. The molecule has 2 unspecified atom stereocenters. The molecule has 1 aromatic rings. The van der Waals surface area contributed by atoms with E-state index in [2.05, 4.69) is 36.1 Å². The van der Waals surface area contributed by atoms with Crippen LogP contribution >= 0.6 is 15.9 Å². The second-order valence-corrected chi connectivity index (χ2v) is 5.49. The quantitative estimate of drug-likeness (QED) is 0.849. The van der Waals surface area contributed by atoms with Crippen molar-refractivity contribution in [2.75, 3.05) is 18.0 Å². The van der Waals surface area contributed by atoms with Gasteiger partial charge in [-0.3, -0.25) is 0 Å². The summed E-state index contributed by atoms with van der Waals surface area (Å²) in [6.45, 7) is 2.11. The summed E-state index contributed by atoms with van der Waals surface area (Å²) in [4.78, 5) is 11.0. The highest BCUT2D eigenvalue weighted by atomic mass is 79.9. The molecule has 3 heterocycles. The van der Waals surface area contributed by atoms with Crippen LogP contribution in [0, 0.1) is 0 Å². The van der Waals surface area contributed by atoms with Crippen LogP contribution < -0.4 is 10.2 Å². The molecule has 3 rings (SSSR count). The first-order valence-corrected chi connectivity index (χ1v) is 6.59. The summed E-state index contributed by atoms with van der Waals surface area (Å²) in [5.41, 5.74) is 0. The lowest BCUT2D eigenvalue weighted by Gasteiger charge is -2.23. The molecule has 4 nitrogen and oxygen atoms in total. The number of hydrogen-bond acceptors (Lipinski definition) is 4. The zero-order valence-electron chi connectivity index (χ0n) is 9.06. The minimum atomic E-state index is 0.625. The monoisotopic (exact) mass is 282 g/mol. The number of anilines is 1. The molecule has 2 fully saturated rings. The number of nitrogens with one attached hydrogen (secondary N) is 1. The standard InChI is InChI=1S/C11H15BrN4/c12-8-5-13-11(14-6-8)16-4-3-9-1-2-10(7-16)15-9/h5-6,9-10,15H,1-4,7H2. The van der Waals surface area contributed by atoms with Gasteiger partial charge in [0.15, 0.2) is 0 Å². The highest BCUT2D eigenvalue weighted by Gasteiger charge is 2.29. The Bertz CT molecular complexity index is 367. The fraction of sp³-hybridized carbons (Fsp3) is 0.636. The zero-order chi connectivity index (χ0) is 11.0. The maximum atomic E-state index is 4.37. The van der Waals surface area contributed by atoms with Crippen molar-refractivity contribution in [3.63, 3.8) is 0 Å². The van der Waals surface area contributed by atoms with Crippen LogP contribution in [-0.2, 0) is 0 Å². The molecule has 0 saturated carbocycles. The molecule has 1 aromatic heterocycles. The number of rotatable bonds is 1. The van der Waals surface area contributed by atoms with E-state index in [0.717, 1.165) is 23.5 Å². The molecule has 86 valence electrons. The first kappa shape index (κ1) is 10.5. The van der Waals surface area contributed by atoms with Gasteiger partial charge >= 0.3 is 0 Å². The van der Waals surface area contributed by atoms with E-state index < -0.39 is 0 Å². The van der Waals surface area contributed by atoms with Crippen LogP contribution in [0.2, 0.25) is 0 Å². The van der Waals surface area contributed by atoms with E-state index in [1.807, 2.05) is 12.4 Å². The van der Waals surface area contributed by atoms with Gasteiger partial charge in [0, 0.05) is 37.6 Å². The van der Waals surface area contributed by atoms with Crippen molar-refractivity contribution in [3.05, 3.63) is 16.9 Å². The fourth-order valence-corrected chi connectivity index (χ4v) is 2.80. The molecule has 0 amide bonds. The molecule has 2 atom stereocenters. The highest BCUT2D eigenvalue weighted by molar-refractivity contribution is 9.10. The summed E-state index contributed by atoms with van der Waals surface area (Å²) in [5, 5.41) is 3.66. The van der Waals surface area contributed by atoms with E-state index in [1.54, 1.807) is 0 Å². The fourth-order valence-electron chi connectivity index (χ4n) is 2.59. The molecule has 0 aliphatic carbocycles. The number of halogens is 1. The first-order valence-electron chi connectivity index (χ1n) is 5.80. The van der Waals surface area contributed by atoms with E-state index >= 15 is 0 Å². The minimum Gasteiger partial charge on any atom is -0.339 e. The Balaban J connectivity index is 1.77. The summed E-state index contributed by atoms with van der Waals surface area (Å²) < 4.78 is 0.936. The Hall–Kier alpha value is -0.680. The Kier molecular flexibility index (Phi) is 2.81. The van der Waals surface area contributed by atoms with Gasteiger partial charge in [0.2, 0.25) is 5.95 Å². The second-order valence-electron chi connectivity index (χ2n) is 4.57. The third-order valence-electron chi connectivity index (χ3n) is 3.41. The summed E-state index contributed by atoms with van der Waals surface area (Å²) >= 11 is 3.36. The molecule has 0 spiro atoms. The topological polar surface area (TPSA) is 41.1 Å². The van der Waals surface area contributed by atoms with Gasteiger partial charge in [0.1, 0.15) is 0 Å². The minimum absolute atomic E-state index is 0.625. The molecular weight excluding hydrogens is 268 g/mol. The second kappa shape index (κ2) is 4.30. The Morgan fingerprint density at radius 3 is 2.75 bits per heavy atom. The number of nitrogens with zero attached hydrogens (tertiary/aromatic N) is 3. The smallest absolute Gasteiger partial charge is 0.225 e. The molecule has 0 radical (unpaired) electrons. The van der Waals surface area contributed by atoms with Gasteiger partial charge in [-0.05, 0) is 35.2 Å². The van der Waals surface area contributed by atoms with Crippen molar-refractivity contribution in [1.82, 2.24) is 15.3 Å². The molecule has 2 bridgehead atoms. The van der Waals surface area contributed by atoms with Crippen molar-refractivity contribution < 1.29 is 0 Å². The lowest BCUT2D eigenvalue weighted by atomic mass is 10.1. The van der Waals surface area contributed by atoms with Crippen LogP contribution in [0.4, 0.5) is 5.95 Å². The maximum Gasteiger partial charge on any atom is 0.225 e. The summed E-state index contributed by atoms with van der Waals surface area (Å²) in [7, 11) is 0. The van der Waals surface area contributed by atoms with Crippen molar-refractivity contribution in [2.24, 2.45) is 0 Å². The molecule has 0 aromatic carbocycles. The van der Waals surface area contributed by atoms with E-state index in [1.165, 1.54) is 19.3 Å². The third-order valence-corrected chi connectivity index (χ3v) is 3.82. The summed E-state index contributed by atoms with van der Waals surface area (Å²) in [6, 6.07) is 1.34. The Morgan fingerprint density at radius 2 is 1.94 bits per heavy atom. The number of hydrogen-bond donors (Lipinski definition) is 1. The van der Waals surface area contributed by atoms with Gasteiger partial charge in [0.25, 0.3) is 0 Å². The lowest BCUT2D eigenvalue weighted by Crippen LogP contribution is -2.36. The third kappa shape index (κ3) is 2.06. The molecule has 2 saturated heterocycles. The van der Waals surface area contributed by atoms with Crippen LogP contribution in [-0.4, -0.2) is 35.1 Å². The number of aromatic nitrogens is 2. The van der Waals surface area contributed by atoms with Crippen LogP contribution in [0.25, 0.3) is 0 Å². The summed E-state index contributed by atoms with van der Waals surface area (Å²) in [6.07, 6.45) is 7.46. The van der Waals surface area contributed by atoms with Crippen molar-refractivity contribution in [3.8, 4) is 0 Å². The van der Waals surface area contributed by atoms with E-state index in [-0.39, 0.29) is 0 Å². The van der Waals surface area contributed by atoms with Crippen LogP contribution in [0.1, 0.15) is 19.3 Å². The van der Waals surface area contributed by atoms with Crippen LogP contribution in [0.5, 0.6) is 0 Å². The van der Waals surface area contributed by atoms with E-state index in [9.17, 15) is 0 Å². The predicted octanol–water partition coefficient (Wildman–Crippen LogP) is 1.57. The average Bonchev–Trinajstić information content (AvgIpc) is 2.60. The van der Waals surface area contributed by atoms with Crippen molar-refractivity contribution >= 4 is 21.9 Å². The molecule has 16 heavy (non-hydrogen) atoms. The van der Waals surface area contributed by atoms with Gasteiger partial charge in [-0.2, -0.15) is 0 Å². The lowest BCUT2D eigenvalue weighted by molar-refractivity contribution is 0.563. The van der Waals surface area contributed by atoms with Gasteiger partial charge < -0.3 is 10.2 Å². The van der Waals surface area contributed by atoms with Crippen molar-refractivity contribution in [1.29, 1.82) is 0 Å². The van der Waals surface area contributed by atoms with Crippen LogP contribution in [0.15, 0.2) is 16.9 Å². The van der Waals surface area contributed by atoms with Crippen LogP contribution in [0.3, 0.4) is 0 Å². The molecule has 2 aliphatic rings. The predicted molar refractivity (Wildman–Crippen MR) is 66.5 cm³/mol. The molecule has 5 heteroatoms. The largest absolute Gasteiger partial charge is 0.339 e. The van der Waals surface area contributed by atoms with E-state index in [0.29, 0.717) is 12.1 Å². The Morgan fingerprint density at radius 1 is 1.19 bits per heavy atom. The first-order chi connectivity index (χ1) is 7.81. The SMILES string of the molecule is Brc1cnc(N2CCC3CCC(C2)N3)nc1. The number of fused-ring (bicyclic) bond motifs is 2. The Labute approximate surface area is 104 Å².